The van der Waals surface area contributed by atoms with Crippen molar-refractivity contribution in [3.63, 3.8) is 0 Å². The van der Waals surface area contributed by atoms with Gasteiger partial charge in [0.25, 0.3) is 5.69 Å². The molecule has 1 aromatic carbocycles. The molecule has 1 aromatic rings. The quantitative estimate of drug-likeness (QED) is 0.664. The fourth-order valence-electron chi connectivity index (χ4n) is 2.61. The summed E-state index contributed by atoms with van der Waals surface area (Å²) in [4.78, 5) is 10.1. The molecule has 1 heterocycles. The van der Waals surface area contributed by atoms with Crippen LogP contribution >= 0.6 is 0 Å². The van der Waals surface area contributed by atoms with E-state index in [1.54, 1.807) is 0 Å². The number of hydrogen-bond donors (Lipinski definition) is 1. The third kappa shape index (κ3) is 3.22. The van der Waals surface area contributed by atoms with Crippen molar-refractivity contribution >= 4 is 15.7 Å². The van der Waals surface area contributed by atoms with Crippen molar-refractivity contribution in [1.29, 1.82) is 0 Å². The number of piperidine rings is 1. The predicted octanol–water partition coefficient (Wildman–Crippen LogP) is 1.20. The second kappa shape index (κ2) is 6.08. The van der Waals surface area contributed by atoms with Gasteiger partial charge in [-0.15, -0.1) is 0 Å². The van der Waals surface area contributed by atoms with Gasteiger partial charge in [0.1, 0.15) is 0 Å². The van der Waals surface area contributed by atoms with Crippen molar-refractivity contribution < 1.29 is 13.3 Å². The van der Waals surface area contributed by atoms with Crippen molar-refractivity contribution in [1.82, 2.24) is 4.31 Å². The molecule has 116 valence electrons. The lowest BCUT2D eigenvalue weighted by Gasteiger charge is -2.35. The average Bonchev–Trinajstić information content (AvgIpc) is 2.47. The molecule has 0 amide bonds. The van der Waals surface area contributed by atoms with Gasteiger partial charge in [-0.2, -0.15) is 4.31 Å². The second-order valence-electron chi connectivity index (χ2n) is 5.38. The van der Waals surface area contributed by atoms with Gasteiger partial charge in [-0.25, -0.2) is 8.42 Å². The molecule has 0 aliphatic carbocycles. The lowest BCUT2D eigenvalue weighted by molar-refractivity contribution is -0.384. The summed E-state index contributed by atoms with van der Waals surface area (Å²) in [7, 11) is -3.60. The first kappa shape index (κ1) is 15.9. The summed E-state index contributed by atoms with van der Waals surface area (Å²) in [6, 6.07) is 4.99. The number of nitrogens with two attached hydrogens (primary N) is 1. The fraction of sp³-hybridized carbons (Fsp3) is 0.538. The monoisotopic (exact) mass is 313 g/mol. The van der Waals surface area contributed by atoms with Crippen molar-refractivity contribution in [2.75, 3.05) is 19.6 Å². The molecular formula is C13H19N3O4S. The highest BCUT2D eigenvalue weighted by Crippen LogP contribution is 2.27. The van der Waals surface area contributed by atoms with Crippen molar-refractivity contribution in [3.05, 3.63) is 34.4 Å². The van der Waals surface area contributed by atoms with E-state index in [4.69, 9.17) is 5.73 Å². The molecule has 0 aromatic heterocycles. The number of rotatable bonds is 4. The topological polar surface area (TPSA) is 107 Å². The van der Waals surface area contributed by atoms with Crippen LogP contribution in [0, 0.1) is 22.0 Å². The number of benzene rings is 1. The molecule has 8 heteroatoms. The second-order valence-corrected chi connectivity index (χ2v) is 7.31. The van der Waals surface area contributed by atoms with Gasteiger partial charge in [0.15, 0.2) is 0 Å². The highest BCUT2D eigenvalue weighted by atomic mass is 32.2. The molecule has 0 saturated carbocycles. The van der Waals surface area contributed by atoms with Crippen LogP contribution in [0.15, 0.2) is 29.2 Å². The number of sulfonamides is 1. The van der Waals surface area contributed by atoms with Crippen LogP contribution in [0.5, 0.6) is 0 Å². The Bertz CT molecular complexity index is 615. The van der Waals surface area contributed by atoms with Crippen LogP contribution in [-0.2, 0) is 10.0 Å². The van der Waals surface area contributed by atoms with Gasteiger partial charge in [0.05, 0.1) is 9.82 Å². The number of non-ortho nitro benzene ring substituents is 1. The standard InChI is InChI=1S/C13H19N3O4S/c1-10-9-15(7-6-11(10)8-14)21(19,20)13-4-2-12(3-5-13)16(17)18/h2-5,10-11H,6-9,14H2,1H3. The fourth-order valence-corrected chi connectivity index (χ4v) is 4.17. The Hall–Kier alpha value is -1.51. The Morgan fingerprint density at radius 3 is 2.48 bits per heavy atom. The van der Waals surface area contributed by atoms with Crippen LogP contribution in [0.3, 0.4) is 0 Å². The number of nitro groups is 1. The Morgan fingerprint density at radius 1 is 1.38 bits per heavy atom. The normalized spacial score (nSPS) is 23.9. The van der Waals surface area contributed by atoms with E-state index in [9.17, 15) is 18.5 Å². The summed E-state index contributed by atoms with van der Waals surface area (Å²) >= 11 is 0. The van der Waals surface area contributed by atoms with E-state index in [1.165, 1.54) is 28.6 Å². The Morgan fingerprint density at radius 2 is 2.00 bits per heavy atom. The molecule has 2 atom stereocenters. The minimum atomic E-state index is -3.60. The molecule has 0 spiro atoms. The van der Waals surface area contributed by atoms with Crippen LogP contribution in [-0.4, -0.2) is 37.3 Å². The van der Waals surface area contributed by atoms with Crippen LogP contribution < -0.4 is 5.73 Å². The molecule has 2 rings (SSSR count). The first-order chi connectivity index (χ1) is 9.86. The van der Waals surface area contributed by atoms with E-state index in [2.05, 4.69) is 0 Å². The molecule has 1 saturated heterocycles. The summed E-state index contributed by atoms with van der Waals surface area (Å²) in [5, 5.41) is 10.6. The Balaban J connectivity index is 2.20. The third-order valence-corrected chi connectivity index (χ3v) is 5.91. The summed E-state index contributed by atoms with van der Waals surface area (Å²) in [6.45, 7) is 3.42. The molecule has 1 aliphatic heterocycles. The minimum absolute atomic E-state index is 0.0894. The summed E-state index contributed by atoms with van der Waals surface area (Å²) in [5.74, 6) is 0.546. The van der Waals surface area contributed by atoms with Gasteiger partial charge in [0, 0.05) is 25.2 Å². The van der Waals surface area contributed by atoms with E-state index in [0.717, 1.165) is 6.42 Å². The number of nitrogens with zero attached hydrogens (tertiary/aromatic N) is 2. The number of hydrogen-bond acceptors (Lipinski definition) is 5. The largest absolute Gasteiger partial charge is 0.330 e. The van der Waals surface area contributed by atoms with Crippen LogP contribution in [0.1, 0.15) is 13.3 Å². The predicted molar refractivity (Wildman–Crippen MR) is 78.2 cm³/mol. The van der Waals surface area contributed by atoms with Gasteiger partial charge in [-0.05, 0) is 36.9 Å². The maximum absolute atomic E-state index is 12.5. The van der Waals surface area contributed by atoms with Crippen molar-refractivity contribution in [2.45, 2.75) is 18.2 Å². The van der Waals surface area contributed by atoms with Crippen molar-refractivity contribution in [3.8, 4) is 0 Å². The van der Waals surface area contributed by atoms with Crippen LogP contribution in [0.4, 0.5) is 5.69 Å². The molecule has 1 aliphatic rings. The Labute approximate surface area is 123 Å². The van der Waals surface area contributed by atoms with E-state index in [-0.39, 0.29) is 16.5 Å². The summed E-state index contributed by atoms with van der Waals surface area (Å²) in [6.07, 6.45) is 0.740. The molecule has 2 unspecified atom stereocenters. The zero-order valence-electron chi connectivity index (χ0n) is 11.8. The van der Waals surface area contributed by atoms with E-state index in [0.29, 0.717) is 25.6 Å². The lowest BCUT2D eigenvalue weighted by Crippen LogP contribution is -2.44. The molecule has 0 bridgehead atoms. The maximum atomic E-state index is 12.5. The van der Waals surface area contributed by atoms with E-state index < -0.39 is 14.9 Å². The van der Waals surface area contributed by atoms with Gasteiger partial charge >= 0.3 is 0 Å². The molecule has 7 nitrogen and oxygen atoms in total. The summed E-state index contributed by atoms with van der Waals surface area (Å²) < 4.78 is 26.5. The highest BCUT2D eigenvalue weighted by Gasteiger charge is 2.33. The van der Waals surface area contributed by atoms with Gasteiger partial charge in [-0.3, -0.25) is 10.1 Å². The minimum Gasteiger partial charge on any atom is -0.330 e. The molecule has 1 fully saturated rings. The van der Waals surface area contributed by atoms with Crippen molar-refractivity contribution in [2.24, 2.45) is 17.6 Å². The average molecular weight is 313 g/mol. The first-order valence-electron chi connectivity index (χ1n) is 6.81. The zero-order chi connectivity index (χ0) is 15.6. The van der Waals surface area contributed by atoms with E-state index in [1.807, 2.05) is 6.92 Å². The Kier molecular flexibility index (Phi) is 4.60. The van der Waals surface area contributed by atoms with Gasteiger partial charge < -0.3 is 5.73 Å². The van der Waals surface area contributed by atoms with Gasteiger partial charge in [0.2, 0.25) is 10.0 Å². The first-order valence-corrected chi connectivity index (χ1v) is 8.25. The molecule has 0 radical (unpaired) electrons. The third-order valence-electron chi connectivity index (χ3n) is 4.03. The highest BCUT2D eigenvalue weighted by molar-refractivity contribution is 7.89. The van der Waals surface area contributed by atoms with Crippen LogP contribution in [0.25, 0.3) is 0 Å². The molecular weight excluding hydrogens is 294 g/mol. The smallest absolute Gasteiger partial charge is 0.269 e. The van der Waals surface area contributed by atoms with Gasteiger partial charge in [-0.1, -0.05) is 6.92 Å². The molecule has 2 N–H and O–H groups in total. The number of nitro benzene ring substituents is 1. The molecule has 21 heavy (non-hydrogen) atoms. The SMILES string of the molecule is CC1CN(S(=O)(=O)c2ccc([N+](=O)[O-])cc2)CCC1CN. The summed E-state index contributed by atoms with van der Waals surface area (Å²) in [5.41, 5.74) is 5.55. The zero-order valence-corrected chi connectivity index (χ0v) is 12.6. The lowest BCUT2D eigenvalue weighted by atomic mass is 9.88. The maximum Gasteiger partial charge on any atom is 0.269 e. The van der Waals surface area contributed by atoms with E-state index >= 15 is 0 Å². The van der Waals surface area contributed by atoms with Crippen LogP contribution in [0.2, 0.25) is 0 Å².